The van der Waals surface area contributed by atoms with Gasteiger partial charge in [0.2, 0.25) is 0 Å². The van der Waals surface area contributed by atoms with Gasteiger partial charge in [0.05, 0.1) is 24.3 Å². The molecule has 0 aliphatic carbocycles. The zero-order chi connectivity index (χ0) is 16.0. The molecule has 0 radical (unpaired) electrons. The maximum Gasteiger partial charge on any atom is 0.326 e. The first-order valence-electron chi connectivity index (χ1n) is 6.39. The predicted molar refractivity (Wildman–Crippen MR) is 81.0 cm³/mol. The summed E-state index contributed by atoms with van der Waals surface area (Å²) in [6.07, 6.45) is 1.00. The Balaban J connectivity index is 3.10. The number of carboxylic acids is 1. The van der Waals surface area contributed by atoms with Crippen molar-refractivity contribution in [1.82, 2.24) is 5.32 Å². The predicted octanol–water partition coefficient (Wildman–Crippen LogP) is 2.45. The molecule has 0 bridgehead atoms. The van der Waals surface area contributed by atoms with Crippen LogP contribution >= 0.6 is 15.9 Å². The van der Waals surface area contributed by atoms with E-state index in [0.717, 1.165) is 0 Å². The number of ether oxygens (including phenoxy) is 2. The summed E-state index contributed by atoms with van der Waals surface area (Å²) < 4.78 is 10.8. The summed E-state index contributed by atoms with van der Waals surface area (Å²) in [6.45, 7) is 1.85. The van der Waals surface area contributed by atoms with Crippen molar-refractivity contribution in [2.24, 2.45) is 0 Å². The van der Waals surface area contributed by atoms with Gasteiger partial charge in [0.25, 0.3) is 5.91 Å². The van der Waals surface area contributed by atoms with Gasteiger partial charge in [-0.05, 0) is 34.5 Å². The molecule has 0 fully saturated rings. The lowest BCUT2D eigenvalue weighted by Crippen LogP contribution is -2.40. The molecule has 21 heavy (non-hydrogen) atoms. The topological polar surface area (TPSA) is 84.9 Å². The number of hydrogen-bond acceptors (Lipinski definition) is 4. The van der Waals surface area contributed by atoms with Gasteiger partial charge in [0.1, 0.15) is 17.5 Å². The first-order chi connectivity index (χ1) is 9.94. The zero-order valence-corrected chi connectivity index (χ0v) is 13.7. The van der Waals surface area contributed by atoms with E-state index in [1.165, 1.54) is 20.3 Å². The number of carbonyl (C=O) groups is 2. The average Bonchev–Trinajstić information content (AvgIpc) is 2.45. The highest BCUT2D eigenvalue weighted by molar-refractivity contribution is 9.10. The molecule has 116 valence electrons. The molecular weight excluding hydrogens is 342 g/mol. The standard InChI is InChI=1S/C14H18BrNO5/c1-4-5-11(14(18)19)16-13(17)9-6-8(20-2)7-10(15)12(9)21-3/h6-7,11H,4-5H2,1-3H3,(H,16,17)(H,18,19)/t11-/m0/s1. The van der Waals surface area contributed by atoms with Crippen LogP contribution in [0.2, 0.25) is 0 Å². The highest BCUT2D eigenvalue weighted by Gasteiger charge is 2.23. The molecule has 1 aromatic carbocycles. The SMILES string of the molecule is CCC[C@H](NC(=O)c1cc(OC)cc(Br)c1OC)C(=O)O. The van der Waals surface area contributed by atoms with Gasteiger partial charge >= 0.3 is 5.97 Å². The number of rotatable bonds is 7. The second-order valence-corrected chi connectivity index (χ2v) is 5.20. The van der Waals surface area contributed by atoms with E-state index >= 15 is 0 Å². The van der Waals surface area contributed by atoms with E-state index in [4.69, 9.17) is 14.6 Å². The molecule has 0 aliphatic heterocycles. The van der Waals surface area contributed by atoms with Gasteiger partial charge in [-0.1, -0.05) is 13.3 Å². The Morgan fingerprint density at radius 3 is 2.48 bits per heavy atom. The molecule has 0 spiro atoms. The largest absolute Gasteiger partial charge is 0.497 e. The van der Waals surface area contributed by atoms with Gasteiger partial charge in [0, 0.05) is 0 Å². The maximum absolute atomic E-state index is 12.3. The molecule has 1 aromatic rings. The van der Waals surface area contributed by atoms with Crippen molar-refractivity contribution in [2.75, 3.05) is 14.2 Å². The Bertz CT molecular complexity index is 532. The third kappa shape index (κ3) is 4.35. The van der Waals surface area contributed by atoms with Crippen LogP contribution in [0.4, 0.5) is 0 Å². The van der Waals surface area contributed by atoms with Crippen molar-refractivity contribution < 1.29 is 24.2 Å². The first kappa shape index (κ1) is 17.3. The number of hydrogen-bond donors (Lipinski definition) is 2. The molecule has 0 unspecified atom stereocenters. The molecule has 0 heterocycles. The second-order valence-electron chi connectivity index (χ2n) is 4.34. The van der Waals surface area contributed by atoms with Crippen LogP contribution in [0.15, 0.2) is 16.6 Å². The zero-order valence-electron chi connectivity index (χ0n) is 12.1. The summed E-state index contributed by atoms with van der Waals surface area (Å²) in [6, 6.07) is 2.23. The van der Waals surface area contributed by atoms with Crippen LogP contribution in [-0.4, -0.2) is 37.2 Å². The van der Waals surface area contributed by atoms with Crippen LogP contribution in [0.3, 0.4) is 0 Å². The van der Waals surface area contributed by atoms with E-state index in [9.17, 15) is 9.59 Å². The lowest BCUT2D eigenvalue weighted by atomic mass is 10.1. The smallest absolute Gasteiger partial charge is 0.326 e. The Morgan fingerprint density at radius 2 is 2.00 bits per heavy atom. The number of methoxy groups -OCH3 is 2. The molecule has 0 aromatic heterocycles. The van der Waals surface area contributed by atoms with E-state index in [2.05, 4.69) is 21.2 Å². The third-order valence-corrected chi connectivity index (χ3v) is 3.47. The van der Waals surface area contributed by atoms with Crippen molar-refractivity contribution in [3.05, 3.63) is 22.2 Å². The van der Waals surface area contributed by atoms with Crippen LogP contribution in [0, 0.1) is 0 Å². The molecule has 6 nitrogen and oxygen atoms in total. The lowest BCUT2D eigenvalue weighted by Gasteiger charge is -2.16. The molecule has 1 amide bonds. The van der Waals surface area contributed by atoms with Gasteiger partial charge in [-0.2, -0.15) is 0 Å². The Morgan fingerprint density at radius 1 is 1.33 bits per heavy atom. The summed E-state index contributed by atoms with van der Waals surface area (Å²) in [5.41, 5.74) is 0.214. The number of benzene rings is 1. The summed E-state index contributed by atoms with van der Waals surface area (Å²) in [4.78, 5) is 23.4. The van der Waals surface area contributed by atoms with Crippen molar-refractivity contribution in [3.63, 3.8) is 0 Å². The van der Waals surface area contributed by atoms with E-state index in [0.29, 0.717) is 28.8 Å². The first-order valence-corrected chi connectivity index (χ1v) is 7.19. The van der Waals surface area contributed by atoms with Crippen molar-refractivity contribution in [3.8, 4) is 11.5 Å². The fraction of sp³-hybridized carbons (Fsp3) is 0.429. The number of carboxylic acid groups (broad SMARTS) is 1. The van der Waals surface area contributed by atoms with Crippen LogP contribution in [-0.2, 0) is 4.79 Å². The highest BCUT2D eigenvalue weighted by atomic mass is 79.9. The quantitative estimate of drug-likeness (QED) is 0.780. The van der Waals surface area contributed by atoms with Crippen LogP contribution in [0.1, 0.15) is 30.1 Å². The molecule has 0 aliphatic rings. The average molecular weight is 360 g/mol. The number of nitrogens with one attached hydrogen (secondary N) is 1. The van der Waals surface area contributed by atoms with Crippen LogP contribution in [0.25, 0.3) is 0 Å². The van der Waals surface area contributed by atoms with Crippen LogP contribution < -0.4 is 14.8 Å². The molecule has 1 rings (SSSR count). The number of carbonyl (C=O) groups excluding carboxylic acids is 1. The van der Waals surface area contributed by atoms with E-state index in [-0.39, 0.29) is 5.56 Å². The molecule has 0 saturated carbocycles. The van der Waals surface area contributed by atoms with Crippen molar-refractivity contribution in [1.29, 1.82) is 0 Å². The summed E-state index contributed by atoms with van der Waals surface area (Å²) in [5, 5.41) is 11.6. The minimum Gasteiger partial charge on any atom is -0.497 e. The minimum atomic E-state index is -1.06. The normalized spacial score (nSPS) is 11.6. The molecule has 1 atom stereocenters. The Labute approximate surface area is 131 Å². The number of halogens is 1. The van der Waals surface area contributed by atoms with Crippen molar-refractivity contribution >= 4 is 27.8 Å². The highest BCUT2D eigenvalue weighted by Crippen LogP contribution is 2.33. The summed E-state index contributed by atoms with van der Waals surface area (Å²) in [5.74, 6) is -0.789. The van der Waals surface area contributed by atoms with Gasteiger partial charge in [0.15, 0.2) is 0 Å². The van der Waals surface area contributed by atoms with E-state index in [1.807, 2.05) is 6.92 Å². The molecule has 7 heteroatoms. The second kappa shape index (κ2) is 7.87. The summed E-state index contributed by atoms with van der Waals surface area (Å²) >= 11 is 3.29. The Kier molecular flexibility index (Phi) is 6.48. The molecule has 2 N–H and O–H groups in total. The lowest BCUT2D eigenvalue weighted by molar-refractivity contribution is -0.139. The fourth-order valence-corrected chi connectivity index (χ4v) is 2.45. The fourth-order valence-electron chi connectivity index (χ4n) is 1.84. The van der Waals surface area contributed by atoms with E-state index in [1.54, 1.807) is 6.07 Å². The maximum atomic E-state index is 12.3. The summed E-state index contributed by atoms with van der Waals surface area (Å²) in [7, 11) is 2.91. The minimum absolute atomic E-state index is 0.214. The van der Waals surface area contributed by atoms with Gasteiger partial charge in [-0.15, -0.1) is 0 Å². The molecular formula is C14H18BrNO5. The number of amides is 1. The Hall–Kier alpha value is -1.76. The van der Waals surface area contributed by atoms with Crippen molar-refractivity contribution in [2.45, 2.75) is 25.8 Å². The van der Waals surface area contributed by atoms with Gasteiger partial charge in [-0.3, -0.25) is 4.79 Å². The molecule has 0 saturated heterocycles. The third-order valence-electron chi connectivity index (χ3n) is 2.88. The van der Waals surface area contributed by atoms with Crippen LogP contribution in [0.5, 0.6) is 11.5 Å². The van der Waals surface area contributed by atoms with Gasteiger partial charge < -0.3 is 19.9 Å². The van der Waals surface area contributed by atoms with E-state index < -0.39 is 17.9 Å². The monoisotopic (exact) mass is 359 g/mol. The number of aliphatic carboxylic acids is 1. The van der Waals surface area contributed by atoms with Gasteiger partial charge in [-0.25, -0.2) is 4.79 Å².